The molecule has 1 heterocycles. The summed E-state index contributed by atoms with van der Waals surface area (Å²) < 4.78 is 5.28. The van der Waals surface area contributed by atoms with Crippen molar-refractivity contribution < 1.29 is 9.53 Å². The largest absolute Gasteiger partial charge is 0.381 e. The van der Waals surface area contributed by atoms with Crippen LogP contribution in [0, 0.1) is 0 Å². The van der Waals surface area contributed by atoms with Crippen LogP contribution in [0.2, 0.25) is 0 Å². The highest BCUT2D eigenvalue weighted by atomic mass is 16.5. The summed E-state index contributed by atoms with van der Waals surface area (Å²) in [5.41, 5.74) is 6.06. The number of nitrogens with two attached hydrogens (primary N) is 1. The first-order valence-corrected chi connectivity index (χ1v) is 5.90. The van der Waals surface area contributed by atoms with Crippen LogP contribution in [0.5, 0.6) is 0 Å². The topological polar surface area (TPSA) is 64.4 Å². The Labute approximate surface area is 101 Å². The standard InChI is InChI=1S/C13H18N2O2/c14-12(16)13(6-8-17-9-7-13)15-10-11-4-2-1-3-5-11/h1-5,15H,6-10H2,(H2,14,16). The van der Waals surface area contributed by atoms with Crippen LogP contribution in [0.15, 0.2) is 30.3 Å². The molecule has 1 aromatic rings. The quantitative estimate of drug-likeness (QED) is 0.810. The number of carbonyl (C=O) groups is 1. The molecule has 4 nitrogen and oxygen atoms in total. The van der Waals surface area contributed by atoms with Gasteiger partial charge in [0.1, 0.15) is 5.54 Å². The fourth-order valence-corrected chi connectivity index (χ4v) is 2.10. The van der Waals surface area contributed by atoms with Crippen molar-refractivity contribution in [2.24, 2.45) is 5.73 Å². The van der Waals surface area contributed by atoms with Gasteiger partial charge in [0.25, 0.3) is 0 Å². The van der Waals surface area contributed by atoms with Crippen molar-refractivity contribution >= 4 is 5.91 Å². The number of ether oxygens (including phenoxy) is 1. The number of carbonyl (C=O) groups excluding carboxylic acids is 1. The van der Waals surface area contributed by atoms with E-state index in [2.05, 4.69) is 5.32 Å². The highest BCUT2D eigenvalue weighted by Gasteiger charge is 2.37. The van der Waals surface area contributed by atoms with E-state index in [0.717, 1.165) is 5.56 Å². The van der Waals surface area contributed by atoms with Gasteiger partial charge in [-0.25, -0.2) is 0 Å². The van der Waals surface area contributed by atoms with E-state index in [0.29, 0.717) is 32.6 Å². The number of nitrogens with one attached hydrogen (secondary N) is 1. The molecule has 4 heteroatoms. The van der Waals surface area contributed by atoms with Crippen LogP contribution >= 0.6 is 0 Å². The molecular weight excluding hydrogens is 216 g/mol. The molecule has 1 aliphatic heterocycles. The predicted octanol–water partition coefficient (Wildman–Crippen LogP) is 0.811. The first kappa shape index (κ1) is 12.1. The molecule has 2 rings (SSSR count). The van der Waals surface area contributed by atoms with Crippen LogP contribution in [0.4, 0.5) is 0 Å². The average Bonchev–Trinajstić information content (AvgIpc) is 2.38. The summed E-state index contributed by atoms with van der Waals surface area (Å²) >= 11 is 0. The van der Waals surface area contributed by atoms with E-state index in [9.17, 15) is 4.79 Å². The van der Waals surface area contributed by atoms with E-state index in [-0.39, 0.29) is 5.91 Å². The number of hydrogen-bond donors (Lipinski definition) is 2. The van der Waals surface area contributed by atoms with Gasteiger partial charge in [0.2, 0.25) is 5.91 Å². The maximum atomic E-state index is 11.6. The lowest BCUT2D eigenvalue weighted by Crippen LogP contribution is -2.58. The van der Waals surface area contributed by atoms with Gasteiger partial charge in [-0.1, -0.05) is 30.3 Å². The Morgan fingerprint density at radius 2 is 1.94 bits per heavy atom. The fraction of sp³-hybridized carbons (Fsp3) is 0.462. The van der Waals surface area contributed by atoms with Crippen LogP contribution in [0.25, 0.3) is 0 Å². The Bertz CT molecular complexity index is 372. The van der Waals surface area contributed by atoms with Crippen LogP contribution in [0.1, 0.15) is 18.4 Å². The van der Waals surface area contributed by atoms with Gasteiger partial charge in [0.15, 0.2) is 0 Å². The van der Waals surface area contributed by atoms with Gasteiger partial charge in [-0.05, 0) is 18.4 Å². The lowest BCUT2D eigenvalue weighted by atomic mass is 9.89. The molecule has 1 fully saturated rings. The van der Waals surface area contributed by atoms with Crippen molar-refractivity contribution in [3.63, 3.8) is 0 Å². The molecule has 0 aliphatic carbocycles. The normalized spacial score (nSPS) is 18.8. The van der Waals surface area contributed by atoms with Gasteiger partial charge in [0, 0.05) is 19.8 Å². The Kier molecular flexibility index (Phi) is 3.76. The Hall–Kier alpha value is -1.39. The summed E-state index contributed by atoms with van der Waals surface area (Å²) in [6.45, 7) is 1.83. The van der Waals surface area contributed by atoms with E-state index in [4.69, 9.17) is 10.5 Å². The highest BCUT2D eigenvalue weighted by molar-refractivity contribution is 5.84. The van der Waals surface area contributed by atoms with Crippen molar-refractivity contribution in [2.45, 2.75) is 24.9 Å². The first-order chi connectivity index (χ1) is 8.23. The van der Waals surface area contributed by atoms with E-state index in [1.807, 2.05) is 30.3 Å². The van der Waals surface area contributed by atoms with Gasteiger partial charge < -0.3 is 10.5 Å². The molecule has 0 radical (unpaired) electrons. The molecule has 92 valence electrons. The van der Waals surface area contributed by atoms with Crippen LogP contribution in [-0.2, 0) is 16.1 Å². The van der Waals surface area contributed by atoms with Crippen LogP contribution in [-0.4, -0.2) is 24.7 Å². The van der Waals surface area contributed by atoms with Gasteiger partial charge in [-0.3, -0.25) is 10.1 Å². The zero-order chi connectivity index (χ0) is 12.1. The van der Waals surface area contributed by atoms with Crippen molar-refractivity contribution in [3.05, 3.63) is 35.9 Å². The number of hydrogen-bond acceptors (Lipinski definition) is 3. The monoisotopic (exact) mass is 234 g/mol. The summed E-state index contributed by atoms with van der Waals surface area (Å²) in [5, 5.41) is 3.30. The van der Waals surface area contributed by atoms with Gasteiger partial charge in [-0.15, -0.1) is 0 Å². The van der Waals surface area contributed by atoms with E-state index in [1.54, 1.807) is 0 Å². The molecule has 0 aromatic heterocycles. The molecule has 1 aliphatic rings. The Balaban J connectivity index is 2.01. The molecule has 0 atom stereocenters. The van der Waals surface area contributed by atoms with E-state index in [1.165, 1.54) is 0 Å². The minimum absolute atomic E-state index is 0.281. The maximum Gasteiger partial charge on any atom is 0.237 e. The molecule has 0 spiro atoms. The third kappa shape index (κ3) is 2.84. The SMILES string of the molecule is NC(=O)C1(NCc2ccccc2)CCOCC1. The van der Waals surface area contributed by atoms with E-state index >= 15 is 0 Å². The molecule has 1 saturated heterocycles. The number of amides is 1. The van der Waals surface area contributed by atoms with Crippen LogP contribution < -0.4 is 11.1 Å². The second kappa shape index (κ2) is 5.29. The lowest BCUT2D eigenvalue weighted by molar-refractivity contribution is -0.128. The molecule has 1 aromatic carbocycles. The summed E-state index contributed by atoms with van der Waals surface area (Å²) in [4.78, 5) is 11.6. The predicted molar refractivity (Wildman–Crippen MR) is 65.3 cm³/mol. The molecule has 0 bridgehead atoms. The van der Waals surface area contributed by atoms with Crippen LogP contribution in [0.3, 0.4) is 0 Å². The van der Waals surface area contributed by atoms with Crippen molar-refractivity contribution in [3.8, 4) is 0 Å². The molecule has 0 saturated carbocycles. The average molecular weight is 234 g/mol. The lowest BCUT2D eigenvalue weighted by Gasteiger charge is -2.35. The third-order valence-electron chi connectivity index (χ3n) is 3.29. The third-order valence-corrected chi connectivity index (χ3v) is 3.29. The number of rotatable bonds is 4. The second-order valence-electron chi connectivity index (χ2n) is 4.40. The molecule has 17 heavy (non-hydrogen) atoms. The zero-order valence-electron chi connectivity index (χ0n) is 9.82. The van der Waals surface area contributed by atoms with Crippen molar-refractivity contribution in [1.29, 1.82) is 0 Å². The number of primary amides is 1. The van der Waals surface area contributed by atoms with Crippen molar-refractivity contribution in [2.75, 3.05) is 13.2 Å². The fourth-order valence-electron chi connectivity index (χ4n) is 2.10. The second-order valence-corrected chi connectivity index (χ2v) is 4.40. The minimum Gasteiger partial charge on any atom is -0.381 e. The maximum absolute atomic E-state index is 11.6. The summed E-state index contributed by atoms with van der Waals surface area (Å²) in [6, 6.07) is 10.00. The smallest absolute Gasteiger partial charge is 0.237 e. The molecule has 0 unspecified atom stereocenters. The van der Waals surface area contributed by atoms with Gasteiger partial charge in [0.05, 0.1) is 0 Å². The first-order valence-electron chi connectivity index (χ1n) is 5.90. The summed E-state index contributed by atoms with van der Waals surface area (Å²) in [5.74, 6) is -0.281. The molecule has 1 amide bonds. The highest BCUT2D eigenvalue weighted by Crippen LogP contribution is 2.20. The molecule has 3 N–H and O–H groups in total. The number of benzene rings is 1. The van der Waals surface area contributed by atoms with Crippen molar-refractivity contribution in [1.82, 2.24) is 5.32 Å². The van der Waals surface area contributed by atoms with E-state index < -0.39 is 5.54 Å². The summed E-state index contributed by atoms with van der Waals surface area (Å²) in [7, 11) is 0. The minimum atomic E-state index is -0.603. The van der Waals surface area contributed by atoms with Gasteiger partial charge >= 0.3 is 0 Å². The van der Waals surface area contributed by atoms with Gasteiger partial charge in [-0.2, -0.15) is 0 Å². The molecular formula is C13H18N2O2. The zero-order valence-corrected chi connectivity index (χ0v) is 9.82. The Morgan fingerprint density at radius 3 is 2.53 bits per heavy atom. The Morgan fingerprint density at radius 1 is 1.29 bits per heavy atom. The summed E-state index contributed by atoms with van der Waals surface area (Å²) in [6.07, 6.45) is 1.30.